The van der Waals surface area contributed by atoms with Crippen molar-refractivity contribution in [2.45, 2.75) is 32.6 Å². The van der Waals surface area contributed by atoms with Gasteiger partial charge in [-0.2, -0.15) is 0 Å². The van der Waals surface area contributed by atoms with Gasteiger partial charge in [-0.15, -0.1) is 0 Å². The van der Waals surface area contributed by atoms with Crippen LogP contribution in [0.25, 0.3) is 22.3 Å². The second-order valence-corrected chi connectivity index (χ2v) is 6.49. The number of benzene rings is 3. The van der Waals surface area contributed by atoms with Gasteiger partial charge in [0, 0.05) is 0 Å². The lowest BCUT2D eigenvalue weighted by molar-refractivity contribution is 0.448. The van der Waals surface area contributed by atoms with E-state index in [9.17, 15) is 13.2 Å². The number of unbranched alkanes of at least 4 members (excludes halogenated alkanes) is 2. The number of aryl methyl sites for hydroxylation is 1. The van der Waals surface area contributed by atoms with Gasteiger partial charge in [0.15, 0.2) is 17.5 Å². The van der Waals surface area contributed by atoms with Crippen LogP contribution in [-0.2, 0) is 6.42 Å². The van der Waals surface area contributed by atoms with Crippen molar-refractivity contribution in [2.75, 3.05) is 0 Å². The molecular formula is C23H21F3. The highest BCUT2D eigenvalue weighted by Gasteiger charge is 2.11. The molecule has 0 aliphatic heterocycles. The predicted octanol–water partition coefficient (Wildman–Crippen LogP) is 7.17. The first-order valence-electron chi connectivity index (χ1n) is 8.93. The van der Waals surface area contributed by atoms with Crippen molar-refractivity contribution in [1.29, 1.82) is 0 Å². The molecule has 0 unspecified atom stereocenters. The summed E-state index contributed by atoms with van der Waals surface area (Å²) in [4.78, 5) is 0. The van der Waals surface area contributed by atoms with Gasteiger partial charge in [0.1, 0.15) is 0 Å². The lowest BCUT2D eigenvalue weighted by atomic mass is 9.98. The first-order chi connectivity index (χ1) is 12.6. The van der Waals surface area contributed by atoms with Gasteiger partial charge in [0.05, 0.1) is 0 Å². The first kappa shape index (κ1) is 18.2. The highest BCUT2D eigenvalue weighted by atomic mass is 19.2. The molecular weight excluding hydrogens is 333 g/mol. The molecule has 0 nitrogen and oxygen atoms in total. The van der Waals surface area contributed by atoms with Crippen LogP contribution < -0.4 is 0 Å². The Morgan fingerprint density at radius 2 is 1.08 bits per heavy atom. The van der Waals surface area contributed by atoms with E-state index >= 15 is 0 Å². The normalized spacial score (nSPS) is 10.9. The first-order valence-corrected chi connectivity index (χ1v) is 8.93. The van der Waals surface area contributed by atoms with Gasteiger partial charge in [0.25, 0.3) is 0 Å². The van der Waals surface area contributed by atoms with E-state index in [1.54, 1.807) is 12.1 Å². The maximum Gasteiger partial charge on any atom is 0.194 e. The number of hydrogen-bond acceptors (Lipinski definition) is 0. The Kier molecular flexibility index (Phi) is 5.77. The molecule has 0 N–H and O–H groups in total. The van der Waals surface area contributed by atoms with Gasteiger partial charge < -0.3 is 0 Å². The second kappa shape index (κ2) is 8.22. The fourth-order valence-corrected chi connectivity index (χ4v) is 3.02. The third-order valence-corrected chi connectivity index (χ3v) is 4.56. The molecule has 0 aliphatic rings. The van der Waals surface area contributed by atoms with Gasteiger partial charge in [0.2, 0.25) is 0 Å². The quantitative estimate of drug-likeness (QED) is 0.325. The maximum atomic E-state index is 13.4. The summed E-state index contributed by atoms with van der Waals surface area (Å²) >= 11 is 0. The zero-order valence-corrected chi connectivity index (χ0v) is 14.7. The van der Waals surface area contributed by atoms with Crippen molar-refractivity contribution in [3.05, 3.63) is 83.7 Å². The van der Waals surface area contributed by atoms with Crippen molar-refractivity contribution < 1.29 is 13.2 Å². The Balaban J connectivity index is 1.77. The summed E-state index contributed by atoms with van der Waals surface area (Å²) in [5, 5.41) is 0. The minimum absolute atomic E-state index is 0.319. The van der Waals surface area contributed by atoms with Crippen LogP contribution in [-0.4, -0.2) is 0 Å². The van der Waals surface area contributed by atoms with Crippen LogP contribution in [0.5, 0.6) is 0 Å². The Hall–Kier alpha value is -2.55. The van der Waals surface area contributed by atoms with E-state index in [0.717, 1.165) is 29.7 Å². The average Bonchev–Trinajstić information content (AvgIpc) is 2.67. The lowest BCUT2D eigenvalue weighted by Crippen LogP contribution is -1.91. The molecule has 0 saturated carbocycles. The smallest absolute Gasteiger partial charge is 0.194 e. The van der Waals surface area contributed by atoms with Gasteiger partial charge in [-0.05, 0) is 52.8 Å². The Bertz CT molecular complexity index is 842. The molecule has 0 bridgehead atoms. The van der Waals surface area contributed by atoms with E-state index < -0.39 is 17.5 Å². The molecule has 134 valence electrons. The van der Waals surface area contributed by atoms with Crippen LogP contribution in [0.2, 0.25) is 0 Å². The molecule has 0 heterocycles. The molecule has 3 aromatic carbocycles. The average molecular weight is 354 g/mol. The summed E-state index contributed by atoms with van der Waals surface area (Å²) < 4.78 is 39.9. The van der Waals surface area contributed by atoms with Crippen molar-refractivity contribution >= 4 is 0 Å². The van der Waals surface area contributed by atoms with Gasteiger partial charge >= 0.3 is 0 Å². The van der Waals surface area contributed by atoms with Crippen LogP contribution in [0.1, 0.15) is 31.7 Å². The van der Waals surface area contributed by atoms with E-state index in [0.29, 0.717) is 11.1 Å². The van der Waals surface area contributed by atoms with Crippen LogP contribution in [0.3, 0.4) is 0 Å². The minimum Gasteiger partial charge on any atom is -0.204 e. The SMILES string of the molecule is CCCCCc1ccc(-c2ccc(-c3cc(F)c(F)c(F)c3)cc2)cc1. The fourth-order valence-electron chi connectivity index (χ4n) is 3.02. The van der Waals surface area contributed by atoms with E-state index in [1.807, 2.05) is 12.1 Å². The lowest BCUT2D eigenvalue weighted by Gasteiger charge is -2.07. The molecule has 0 saturated heterocycles. The van der Waals surface area contributed by atoms with Gasteiger partial charge in [-0.25, -0.2) is 13.2 Å². The number of hydrogen-bond donors (Lipinski definition) is 0. The zero-order valence-electron chi connectivity index (χ0n) is 14.7. The third-order valence-electron chi connectivity index (χ3n) is 4.56. The second-order valence-electron chi connectivity index (χ2n) is 6.49. The molecule has 26 heavy (non-hydrogen) atoms. The number of halogens is 3. The molecule has 0 fully saturated rings. The fraction of sp³-hybridized carbons (Fsp3) is 0.217. The molecule has 0 aromatic heterocycles. The van der Waals surface area contributed by atoms with Gasteiger partial charge in [-0.3, -0.25) is 0 Å². The van der Waals surface area contributed by atoms with Gasteiger partial charge in [-0.1, -0.05) is 68.3 Å². The Labute approximate surface area is 152 Å². The summed E-state index contributed by atoms with van der Waals surface area (Å²) in [6.07, 6.45) is 4.75. The van der Waals surface area contributed by atoms with Crippen molar-refractivity contribution in [2.24, 2.45) is 0 Å². The van der Waals surface area contributed by atoms with Crippen molar-refractivity contribution in [3.8, 4) is 22.3 Å². The van der Waals surface area contributed by atoms with E-state index in [2.05, 4.69) is 31.2 Å². The molecule has 0 radical (unpaired) electrons. The molecule has 0 amide bonds. The monoisotopic (exact) mass is 354 g/mol. The molecule has 0 aliphatic carbocycles. The van der Waals surface area contributed by atoms with Crippen molar-refractivity contribution in [1.82, 2.24) is 0 Å². The summed E-state index contributed by atoms with van der Waals surface area (Å²) in [5.74, 6) is -3.80. The molecule has 3 aromatic rings. The summed E-state index contributed by atoms with van der Waals surface area (Å²) in [7, 11) is 0. The summed E-state index contributed by atoms with van der Waals surface area (Å²) in [6, 6.07) is 17.9. The van der Waals surface area contributed by atoms with E-state index in [4.69, 9.17) is 0 Å². The highest BCUT2D eigenvalue weighted by molar-refractivity contribution is 5.70. The molecule has 3 rings (SSSR count). The number of rotatable bonds is 6. The predicted molar refractivity (Wildman–Crippen MR) is 100 cm³/mol. The Morgan fingerprint density at radius 1 is 0.615 bits per heavy atom. The van der Waals surface area contributed by atoms with Crippen LogP contribution in [0, 0.1) is 17.5 Å². The maximum absolute atomic E-state index is 13.4. The minimum atomic E-state index is -1.44. The molecule has 3 heteroatoms. The van der Waals surface area contributed by atoms with E-state index in [-0.39, 0.29) is 0 Å². The van der Waals surface area contributed by atoms with Crippen LogP contribution in [0.15, 0.2) is 60.7 Å². The topological polar surface area (TPSA) is 0 Å². The summed E-state index contributed by atoms with van der Waals surface area (Å²) in [5.41, 5.74) is 4.40. The van der Waals surface area contributed by atoms with Crippen LogP contribution in [0.4, 0.5) is 13.2 Å². The molecule has 0 atom stereocenters. The Morgan fingerprint density at radius 3 is 1.58 bits per heavy atom. The largest absolute Gasteiger partial charge is 0.204 e. The van der Waals surface area contributed by atoms with Crippen LogP contribution >= 0.6 is 0 Å². The summed E-state index contributed by atoms with van der Waals surface area (Å²) in [6.45, 7) is 2.20. The molecule has 0 spiro atoms. The van der Waals surface area contributed by atoms with E-state index in [1.165, 1.54) is 24.8 Å². The standard InChI is InChI=1S/C23H21F3/c1-2-3-4-5-16-6-8-17(9-7-16)18-10-12-19(13-11-18)20-14-21(24)23(26)22(25)15-20/h6-15H,2-5H2,1H3. The highest BCUT2D eigenvalue weighted by Crippen LogP contribution is 2.27. The third kappa shape index (κ3) is 4.16. The van der Waals surface area contributed by atoms with Crippen molar-refractivity contribution in [3.63, 3.8) is 0 Å². The zero-order chi connectivity index (χ0) is 18.5.